The molecule has 0 amide bonds. The molecule has 154 valence electrons. The molecule has 0 fully saturated rings. The number of nitrogens with zero attached hydrogens (tertiary/aromatic N) is 2. The number of halogens is 3. The van der Waals surface area contributed by atoms with Crippen molar-refractivity contribution in [2.75, 3.05) is 32.8 Å². The van der Waals surface area contributed by atoms with Gasteiger partial charge in [-0.2, -0.15) is 13.2 Å². The maximum absolute atomic E-state index is 12.5. The second kappa shape index (κ2) is 12.4. The quantitative estimate of drug-likeness (QED) is 0.308. The molecule has 1 aromatic rings. The van der Waals surface area contributed by atoms with E-state index >= 15 is 0 Å². The monoisotopic (exact) mass is 390 g/mol. The van der Waals surface area contributed by atoms with Gasteiger partial charge in [-0.05, 0) is 31.7 Å². The Morgan fingerprint density at radius 3 is 2.59 bits per heavy atom. The summed E-state index contributed by atoms with van der Waals surface area (Å²) in [5, 5.41) is 15.3. The first-order chi connectivity index (χ1) is 12.9. The molecular weight excluding hydrogens is 361 g/mol. The molecule has 0 aromatic carbocycles. The third kappa shape index (κ3) is 9.46. The molecule has 0 bridgehead atoms. The lowest BCUT2D eigenvalue weighted by Gasteiger charge is -2.15. The lowest BCUT2D eigenvalue weighted by Crippen LogP contribution is -2.39. The fraction of sp³-hybridized carbons (Fsp3) is 0.667. The second-order valence-corrected chi connectivity index (χ2v) is 6.04. The van der Waals surface area contributed by atoms with Crippen molar-refractivity contribution in [3.05, 3.63) is 23.9 Å². The van der Waals surface area contributed by atoms with Crippen LogP contribution in [0.3, 0.4) is 0 Å². The van der Waals surface area contributed by atoms with Crippen molar-refractivity contribution in [1.82, 2.24) is 15.6 Å². The maximum atomic E-state index is 12.5. The number of hydrogen-bond donors (Lipinski definition) is 3. The van der Waals surface area contributed by atoms with Gasteiger partial charge in [0.1, 0.15) is 6.61 Å². The molecule has 1 atom stereocenters. The number of hydrogen-bond acceptors (Lipinski definition) is 4. The number of aromatic nitrogens is 1. The normalized spacial score (nSPS) is 13.3. The van der Waals surface area contributed by atoms with E-state index in [2.05, 4.69) is 27.5 Å². The van der Waals surface area contributed by atoms with Gasteiger partial charge >= 0.3 is 6.18 Å². The number of aliphatic hydroxyl groups is 1. The van der Waals surface area contributed by atoms with Crippen LogP contribution in [0.15, 0.2) is 23.3 Å². The van der Waals surface area contributed by atoms with Crippen LogP contribution in [0.25, 0.3) is 0 Å². The highest BCUT2D eigenvalue weighted by molar-refractivity contribution is 5.79. The molecule has 0 radical (unpaired) electrons. The Labute approximate surface area is 158 Å². The summed E-state index contributed by atoms with van der Waals surface area (Å²) in [5.74, 6) is 1.11. The predicted octanol–water partition coefficient (Wildman–Crippen LogP) is 2.83. The van der Waals surface area contributed by atoms with Crippen molar-refractivity contribution in [2.24, 2.45) is 10.9 Å². The van der Waals surface area contributed by atoms with Crippen LogP contribution < -0.4 is 15.4 Å². The van der Waals surface area contributed by atoms with Crippen molar-refractivity contribution >= 4 is 5.96 Å². The van der Waals surface area contributed by atoms with Gasteiger partial charge in [0, 0.05) is 32.0 Å². The number of guanidine groups is 1. The molecule has 0 aliphatic heterocycles. The summed E-state index contributed by atoms with van der Waals surface area (Å²) in [6, 6.07) is 2.14. The molecule has 0 aliphatic rings. The standard InChI is InChI=1S/C18H29F3N4O2/c1-3-5-14(8-10-26)12-25-17(22-4-2)23-9-11-27-16-7-6-15(13-24-16)18(19,20)21/h6-7,13-14,26H,3-5,8-12H2,1-2H3,(H2,22,23,25). The summed E-state index contributed by atoms with van der Waals surface area (Å²) in [5.41, 5.74) is -0.806. The lowest BCUT2D eigenvalue weighted by molar-refractivity contribution is -0.137. The van der Waals surface area contributed by atoms with Crippen molar-refractivity contribution in [3.8, 4) is 5.88 Å². The zero-order valence-electron chi connectivity index (χ0n) is 15.9. The lowest BCUT2D eigenvalue weighted by atomic mass is 10.0. The summed E-state index contributed by atoms with van der Waals surface area (Å²) in [6.07, 6.45) is -0.886. The van der Waals surface area contributed by atoms with Crippen LogP contribution in [0.1, 0.15) is 38.7 Å². The Hall–Kier alpha value is -2.03. The highest BCUT2D eigenvalue weighted by Crippen LogP contribution is 2.29. The van der Waals surface area contributed by atoms with Gasteiger partial charge in [0.2, 0.25) is 5.88 Å². The Balaban J connectivity index is 2.44. The van der Waals surface area contributed by atoms with Gasteiger partial charge in [0.25, 0.3) is 0 Å². The van der Waals surface area contributed by atoms with E-state index in [1.54, 1.807) is 0 Å². The molecule has 0 aliphatic carbocycles. The first kappa shape index (κ1) is 23.0. The molecule has 27 heavy (non-hydrogen) atoms. The molecule has 1 aromatic heterocycles. The zero-order valence-corrected chi connectivity index (χ0v) is 15.9. The topological polar surface area (TPSA) is 78.8 Å². The Bertz CT molecular complexity index is 545. The molecule has 0 spiro atoms. The number of alkyl halides is 3. The van der Waals surface area contributed by atoms with E-state index in [1.165, 1.54) is 6.07 Å². The van der Waals surface area contributed by atoms with Crippen LogP contribution in [0.5, 0.6) is 5.88 Å². The molecule has 6 nitrogen and oxygen atoms in total. The number of nitrogens with one attached hydrogen (secondary N) is 2. The third-order valence-corrected chi connectivity index (χ3v) is 3.79. The molecule has 0 saturated heterocycles. The van der Waals surface area contributed by atoms with Crippen LogP contribution in [0.4, 0.5) is 13.2 Å². The molecule has 1 rings (SSSR count). The summed E-state index contributed by atoms with van der Waals surface area (Å²) < 4.78 is 42.8. The Kier molecular flexibility index (Phi) is 10.5. The zero-order chi connectivity index (χ0) is 20.1. The van der Waals surface area contributed by atoms with Crippen LogP contribution in [-0.4, -0.2) is 48.9 Å². The van der Waals surface area contributed by atoms with Crippen LogP contribution in [-0.2, 0) is 6.18 Å². The minimum atomic E-state index is -4.41. The van der Waals surface area contributed by atoms with Crippen molar-refractivity contribution in [2.45, 2.75) is 39.3 Å². The van der Waals surface area contributed by atoms with E-state index in [9.17, 15) is 13.2 Å². The van der Waals surface area contributed by atoms with Gasteiger partial charge in [0.05, 0.1) is 12.1 Å². The Morgan fingerprint density at radius 1 is 1.26 bits per heavy atom. The molecule has 1 unspecified atom stereocenters. The van der Waals surface area contributed by atoms with Crippen LogP contribution >= 0.6 is 0 Å². The number of pyridine rings is 1. The number of rotatable bonds is 11. The van der Waals surface area contributed by atoms with E-state index < -0.39 is 11.7 Å². The van der Waals surface area contributed by atoms with E-state index in [0.29, 0.717) is 31.5 Å². The molecule has 0 saturated carbocycles. The van der Waals surface area contributed by atoms with E-state index in [1.807, 2.05) is 6.92 Å². The van der Waals surface area contributed by atoms with Crippen molar-refractivity contribution in [3.63, 3.8) is 0 Å². The summed E-state index contributed by atoms with van der Waals surface area (Å²) in [4.78, 5) is 8.18. The Morgan fingerprint density at radius 2 is 2.04 bits per heavy atom. The smallest absolute Gasteiger partial charge is 0.417 e. The fourth-order valence-corrected chi connectivity index (χ4v) is 2.44. The van der Waals surface area contributed by atoms with Gasteiger partial charge in [-0.3, -0.25) is 4.99 Å². The largest absolute Gasteiger partial charge is 0.476 e. The first-order valence-corrected chi connectivity index (χ1v) is 9.19. The first-order valence-electron chi connectivity index (χ1n) is 9.19. The van der Waals surface area contributed by atoms with E-state index in [-0.39, 0.29) is 19.1 Å². The fourth-order valence-electron chi connectivity index (χ4n) is 2.44. The number of aliphatic hydroxyl groups excluding tert-OH is 1. The minimum Gasteiger partial charge on any atom is -0.476 e. The van der Waals surface area contributed by atoms with Crippen LogP contribution in [0.2, 0.25) is 0 Å². The maximum Gasteiger partial charge on any atom is 0.417 e. The molecule has 1 heterocycles. The summed E-state index contributed by atoms with van der Waals surface area (Å²) >= 11 is 0. The second-order valence-electron chi connectivity index (χ2n) is 6.04. The summed E-state index contributed by atoms with van der Waals surface area (Å²) in [7, 11) is 0. The van der Waals surface area contributed by atoms with Gasteiger partial charge in [-0.15, -0.1) is 0 Å². The molecular formula is C18H29F3N4O2. The van der Waals surface area contributed by atoms with Gasteiger partial charge in [-0.25, -0.2) is 4.98 Å². The van der Waals surface area contributed by atoms with Gasteiger partial charge in [0.15, 0.2) is 5.96 Å². The average Bonchev–Trinajstić information content (AvgIpc) is 2.63. The minimum absolute atomic E-state index is 0.137. The number of aliphatic imine (C=N–C) groups is 1. The highest BCUT2D eigenvalue weighted by atomic mass is 19.4. The van der Waals surface area contributed by atoms with Gasteiger partial charge < -0.3 is 20.5 Å². The van der Waals surface area contributed by atoms with Gasteiger partial charge in [-0.1, -0.05) is 13.3 Å². The van der Waals surface area contributed by atoms with Crippen LogP contribution in [0, 0.1) is 5.92 Å². The predicted molar refractivity (Wildman–Crippen MR) is 98.8 cm³/mol. The van der Waals surface area contributed by atoms with E-state index in [0.717, 1.165) is 31.5 Å². The van der Waals surface area contributed by atoms with Crippen molar-refractivity contribution in [1.29, 1.82) is 0 Å². The molecule has 9 heteroatoms. The summed E-state index contributed by atoms with van der Waals surface area (Å²) in [6.45, 7) is 6.18. The number of ether oxygens (including phenoxy) is 1. The third-order valence-electron chi connectivity index (χ3n) is 3.79. The molecule has 3 N–H and O–H groups in total. The highest BCUT2D eigenvalue weighted by Gasteiger charge is 2.30. The SMILES string of the molecule is CCCC(CCO)CN=C(NCC)NCCOc1ccc(C(F)(F)F)cn1. The van der Waals surface area contributed by atoms with Crippen molar-refractivity contribution < 1.29 is 23.0 Å². The average molecular weight is 390 g/mol. The van der Waals surface area contributed by atoms with E-state index in [4.69, 9.17) is 9.84 Å².